The Bertz CT molecular complexity index is 507. The molecule has 1 heterocycles. The van der Waals surface area contributed by atoms with E-state index in [9.17, 15) is 14.0 Å². The fourth-order valence-corrected chi connectivity index (χ4v) is 2.14. The Morgan fingerprint density at radius 2 is 2.25 bits per heavy atom. The van der Waals surface area contributed by atoms with Crippen LogP contribution in [0.15, 0.2) is 24.3 Å². The van der Waals surface area contributed by atoms with Gasteiger partial charge in [-0.1, -0.05) is 12.1 Å². The molecular weight excluding hydrogens is 261 g/mol. The van der Waals surface area contributed by atoms with Crippen molar-refractivity contribution in [3.8, 4) is 0 Å². The van der Waals surface area contributed by atoms with Gasteiger partial charge < -0.3 is 15.5 Å². The molecule has 20 heavy (non-hydrogen) atoms. The van der Waals surface area contributed by atoms with E-state index in [1.54, 1.807) is 19.1 Å². The fourth-order valence-electron chi connectivity index (χ4n) is 2.14. The Kier molecular flexibility index (Phi) is 4.68. The summed E-state index contributed by atoms with van der Waals surface area (Å²) in [6.45, 7) is 2.99. The largest absolute Gasteiger partial charge is 0.332 e. The van der Waals surface area contributed by atoms with Gasteiger partial charge in [-0.3, -0.25) is 9.59 Å². The van der Waals surface area contributed by atoms with Crippen molar-refractivity contribution in [2.45, 2.75) is 19.4 Å². The lowest BCUT2D eigenvalue weighted by atomic mass is 10.3. The molecule has 1 aliphatic heterocycles. The molecule has 1 fully saturated rings. The lowest BCUT2D eigenvalue weighted by Gasteiger charge is -2.22. The number of carbonyl (C=O) groups is 2. The monoisotopic (exact) mass is 279 g/mol. The maximum atomic E-state index is 13.4. The number of hydrogen-bond acceptors (Lipinski definition) is 3. The van der Waals surface area contributed by atoms with E-state index in [0.29, 0.717) is 6.54 Å². The standard InChI is InChI=1S/C14H18FN3O2/c1-10-14(20)18(8-4-7-16-10)9-13(19)17-12-6-3-2-5-11(12)15/h2-3,5-6,10,16H,4,7-9H2,1H3,(H,17,19). The van der Waals surface area contributed by atoms with Crippen LogP contribution in [0, 0.1) is 5.82 Å². The summed E-state index contributed by atoms with van der Waals surface area (Å²) in [5.41, 5.74) is 0.131. The van der Waals surface area contributed by atoms with E-state index in [-0.39, 0.29) is 24.2 Å². The molecule has 1 saturated heterocycles. The predicted octanol–water partition coefficient (Wildman–Crippen LogP) is 0.975. The number of para-hydroxylation sites is 1. The Morgan fingerprint density at radius 1 is 1.50 bits per heavy atom. The summed E-state index contributed by atoms with van der Waals surface area (Å²) in [7, 11) is 0. The van der Waals surface area contributed by atoms with Crippen LogP contribution in [0.4, 0.5) is 10.1 Å². The van der Waals surface area contributed by atoms with E-state index >= 15 is 0 Å². The minimum absolute atomic E-state index is 0.0564. The number of anilines is 1. The molecule has 2 rings (SSSR count). The Hall–Kier alpha value is -1.95. The van der Waals surface area contributed by atoms with Crippen molar-refractivity contribution in [2.24, 2.45) is 0 Å². The molecule has 0 spiro atoms. The van der Waals surface area contributed by atoms with Crippen LogP contribution in [0.25, 0.3) is 0 Å². The van der Waals surface area contributed by atoms with Gasteiger partial charge in [-0.25, -0.2) is 4.39 Å². The van der Waals surface area contributed by atoms with E-state index in [4.69, 9.17) is 0 Å². The second-order valence-electron chi connectivity index (χ2n) is 4.82. The molecule has 108 valence electrons. The van der Waals surface area contributed by atoms with E-state index in [0.717, 1.165) is 13.0 Å². The van der Waals surface area contributed by atoms with Crippen LogP contribution in [0.5, 0.6) is 0 Å². The topological polar surface area (TPSA) is 61.4 Å². The molecule has 5 nitrogen and oxygen atoms in total. The van der Waals surface area contributed by atoms with Crippen molar-refractivity contribution >= 4 is 17.5 Å². The minimum atomic E-state index is -0.488. The molecule has 0 radical (unpaired) electrons. The highest BCUT2D eigenvalue weighted by molar-refractivity contribution is 5.95. The first-order chi connectivity index (χ1) is 9.58. The van der Waals surface area contributed by atoms with Crippen LogP contribution in [0.1, 0.15) is 13.3 Å². The fraction of sp³-hybridized carbons (Fsp3) is 0.429. The van der Waals surface area contributed by atoms with Crippen LogP contribution >= 0.6 is 0 Å². The average Bonchev–Trinajstić information content (AvgIpc) is 2.57. The van der Waals surface area contributed by atoms with Crippen LogP contribution in [0.3, 0.4) is 0 Å². The molecule has 0 aromatic heterocycles. The molecule has 2 amide bonds. The Balaban J connectivity index is 1.97. The number of hydrogen-bond donors (Lipinski definition) is 2. The third-order valence-electron chi connectivity index (χ3n) is 3.22. The van der Waals surface area contributed by atoms with Crippen LogP contribution in [-0.4, -0.2) is 42.4 Å². The molecule has 1 unspecified atom stereocenters. The van der Waals surface area contributed by atoms with Crippen molar-refractivity contribution < 1.29 is 14.0 Å². The maximum Gasteiger partial charge on any atom is 0.244 e. The van der Waals surface area contributed by atoms with E-state index < -0.39 is 11.7 Å². The first kappa shape index (κ1) is 14.5. The first-order valence-electron chi connectivity index (χ1n) is 6.64. The van der Waals surface area contributed by atoms with Crippen LogP contribution in [0.2, 0.25) is 0 Å². The summed E-state index contributed by atoms with van der Waals surface area (Å²) in [5.74, 6) is -0.984. The van der Waals surface area contributed by atoms with Gasteiger partial charge in [-0.2, -0.15) is 0 Å². The van der Waals surface area contributed by atoms with Gasteiger partial charge in [0.2, 0.25) is 11.8 Å². The number of nitrogens with zero attached hydrogens (tertiary/aromatic N) is 1. The Morgan fingerprint density at radius 3 is 3.00 bits per heavy atom. The first-order valence-corrected chi connectivity index (χ1v) is 6.64. The maximum absolute atomic E-state index is 13.4. The molecular formula is C14H18FN3O2. The zero-order valence-corrected chi connectivity index (χ0v) is 11.4. The van der Waals surface area contributed by atoms with Gasteiger partial charge in [0.1, 0.15) is 5.82 Å². The summed E-state index contributed by atoms with van der Waals surface area (Å²) in [6, 6.07) is 5.66. The van der Waals surface area contributed by atoms with Gasteiger partial charge in [0.25, 0.3) is 0 Å². The van der Waals surface area contributed by atoms with Crippen LogP contribution < -0.4 is 10.6 Å². The molecule has 1 atom stereocenters. The quantitative estimate of drug-likeness (QED) is 0.867. The second kappa shape index (κ2) is 6.47. The van der Waals surface area contributed by atoms with Gasteiger partial charge in [-0.15, -0.1) is 0 Å². The molecule has 0 saturated carbocycles. The lowest BCUT2D eigenvalue weighted by molar-refractivity contribution is -0.135. The number of carbonyl (C=O) groups excluding carboxylic acids is 2. The van der Waals surface area contributed by atoms with Crippen LogP contribution in [-0.2, 0) is 9.59 Å². The zero-order valence-electron chi connectivity index (χ0n) is 11.4. The zero-order chi connectivity index (χ0) is 14.5. The lowest BCUT2D eigenvalue weighted by Crippen LogP contribution is -2.44. The molecule has 0 bridgehead atoms. The average molecular weight is 279 g/mol. The van der Waals surface area contributed by atoms with Crippen molar-refractivity contribution in [3.63, 3.8) is 0 Å². The molecule has 2 N–H and O–H groups in total. The Labute approximate surface area is 117 Å². The van der Waals surface area contributed by atoms with Gasteiger partial charge >= 0.3 is 0 Å². The van der Waals surface area contributed by atoms with Crippen molar-refractivity contribution in [1.82, 2.24) is 10.2 Å². The van der Waals surface area contributed by atoms with Gasteiger partial charge in [-0.05, 0) is 32.0 Å². The summed E-state index contributed by atoms with van der Waals surface area (Å²) in [4.78, 5) is 25.4. The third-order valence-corrected chi connectivity index (χ3v) is 3.22. The second-order valence-corrected chi connectivity index (χ2v) is 4.82. The number of amides is 2. The summed E-state index contributed by atoms with van der Waals surface area (Å²) in [6.07, 6.45) is 0.795. The molecule has 1 aromatic rings. The van der Waals surface area contributed by atoms with E-state index in [1.165, 1.54) is 17.0 Å². The van der Waals surface area contributed by atoms with Crippen molar-refractivity contribution in [3.05, 3.63) is 30.1 Å². The van der Waals surface area contributed by atoms with Crippen molar-refractivity contribution in [1.29, 1.82) is 0 Å². The summed E-state index contributed by atoms with van der Waals surface area (Å²) >= 11 is 0. The summed E-state index contributed by atoms with van der Waals surface area (Å²) < 4.78 is 13.4. The predicted molar refractivity (Wildman–Crippen MR) is 73.7 cm³/mol. The van der Waals surface area contributed by atoms with Crippen molar-refractivity contribution in [2.75, 3.05) is 25.0 Å². The number of nitrogens with one attached hydrogen (secondary N) is 2. The number of halogens is 1. The smallest absolute Gasteiger partial charge is 0.244 e. The highest BCUT2D eigenvalue weighted by Crippen LogP contribution is 2.12. The molecule has 1 aliphatic rings. The molecule has 1 aromatic carbocycles. The number of rotatable bonds is 3. The van der Waals surface area contributed by atoms with Gasteiger partial charge in [0.05, 0.1) is 18.3 Å². The highest BCUT2D eigenvalue weighted by Gasteiger charge is 2.24. The minimum Gasteiger partial charge on any atom is -0.332 e. The SMILES string of the molecule is CC1NCCCN(CC(=O)Nc2ccccc2F)C1=O. The van der Waals surface area contributed by atoms with E-state index in [2.05, 4.69) is 10.6 Å². The summed E-state index contributed by atoms with van der Waals surface area (Å²) in [5, 5.41) is 5.56. The number of benzene rings is 1. The van der Waals surface area contributed by atoms with Gasteiger partial charge in [0.15, 0.2) is 0 Å². The highest BCUT2D eigenvalue weighted by atomic mass is 19.1. The van der Waals surface area contributed by atoms with Gasteiger partial charge in [0, 0.05) is 6.54 Å². The normalized spacial score (nSPS) is 19.6. The molecule has 6 heteroatoms. The molecule has 0 aliphatic carbocycles. The van der Waals surface area contributed by atoms with E-state index in [1.807, 2.05) is 0 Å². The third kappa shape index (κ3) is 3.54.